The summed E-state index contributed by atoms with van der Waals surface area (Å²) in [5.74, 6) is -0.729. The zero-order valence-electron chi connectivity index (χ0n) is 12.8. The highest BCUT2D eigenvalue weighted by molar-refractivity contribution is 6.02. The SMILES string of the molecule is CCC(CC)N(CCOC)c1cccc(F)c1C(N)=NO. The molecule has 3 N–H and O–H groups in total. The Morgan fingerprint density at radius 3 is 2.62 bits per heavy atom. The number of benzene rings is 1. The minimum absolute atomic E-state index is 0.128. The van der Waals surface area contributed by atoms with Crippen LogP contribution in [0.4, 0.5) is 10.1 Å². The normalized spacial score (nSPS) is 12.0. The second kappa shape index (κ2) is 8.46. The fraction of sp³-hybridized carbons (Fsp3) is 0.533. The standard InChI is InChI=1S/C15H24FN3O2/c1-4-11(5-2)19(9-10-21-3)13-8-6-7-12(16)14(13)15(17)18-20/h6-8,11,20H,4-5,9-10H2,1-3H3,(H2,17,18). The van der Waals surface area contributed by atoms with Gasteiger partial charge in [0.25, 0.3) is 0 Å². The van der Waals surface area contributed by atoms with Crippen LogP contribution in [0.5, 0.6) is 0 Å². The average Bonchev–Trinajstić information content (AvgIpc) is 2.50. The van der Waals surface area contributed by atoms with Crippen molar-refractivity contribution in [2.75, 3.05) is 25.2 Å². The molecule has 0 atom stereocenters. The topological polar surface area (TPSA) is 71.1 Å². The number of oxime groups is 1. The van der Waals surface area contributed by atoms with E-state index in [1.54, 1.807) is 19.2 Å². The van der Waals surface area contributed by atoms with E-state index in [1.165, 1.54) is 6.07 Å². The molecule has 0 aliphatic carbocycles. The van der Waals surface area contributed by atoms with E-state index < -0.39 is 5.82 Å². The molecule has 0 radical (unpaired) electrons. The zero-order valence-corrected chi connectivity index (χ0v) is 12.8. The van der Waals surface area contributed by atoms with Crippen molar-refractivity contribution in [2.45, 2.75) is 32.7 Å². The van der Waals surface area contributed by atoms with Crippen LogP contribution in [-0.4, -0.2) is 37.3 Å². The Balaban J connectivity index is 3.32. The Labute approximate surface area is 125 Å². The maximum absolute atomic E-state index is 14.1. The number of nitrogens with two attached hydrogens (primary N) is 1. The Morgan fingerprint density at radius 1 is 1.43 bits per heavy atom. The highest BCUT2D eigenvalue weighted by atomic mass is 19.1. The molecular weight excluding hydrogens is 273 g/mol. The van der Waals surface area contributed by atoms with E-state index in [-0.39, 0.29) is 17.4 Å². The van der Waals surface area contributed by atoms with Crippen LogP contribution in [0.15, 0.2) is 23.4 Å². The van der Waals surface area contributed by atoms with Gasteiger partial charge in [-0.3, -0.25) is 0 Å². The Morgan fingerprint density at radius 2 is 2.10 bits per heavy atom. The fourth-order valence-electron chi connectivity index (χ4n) is 2.47. The first kappa shape index (κ1) is 17.2. The first-order valence-electron chi connectivity index (χ1n) is 7.12. The molecular formula is C15H24FN3O2. The summed E-state index contributed by atoms with van der Waals surface area (Å²) >= 11 is 0. The van der Waals surface area contributed by atoms with Gasteiger partial charge < -0.3 is 20.6 Å². The van der Waals surface area contributed by atoms with Gasteiger partial charge in [-0.05, 0) is 25.0 Å². The number of halogens is 1. The molecule has 118 valence electrons. The Bertz CT molecular complexity index is 476. The average molecular weight is 297 g/mol. The van der Waals surface area contributed by atoms with Gasteiger partial charge in [0, 0.05) is 19.7 Å². The molecule has 0 aliphatic heterocycles. The van der Waals surface area contributed by atoms with Crippen LogP contribution in [0.2, 0.25) is 0 Å². The lowest BCUT2D eigenvalue weighted by Crippen LogP contribution is -2.38. The van der Waals surface area contributed by atoms with E-state index in [4.69, 9.17) is 15.7 Å². The molecule has 1 aromatic rings. The highest BCUT2D eigenvalue weighted by Crippen LogP contribution is 2.27. The van der Waals surface area contributed by atoms with Crippen molar-refractivity contribution in [3.05, 3.63) is 29.6 Å². The fourth-order valence-corrected chi connectivity index (χ4v) is 2.47. The van der Waals surface area contributed by atoms with Gasteiger partial charge in [-0.25, -0.2) is 4.39 Å². The van der Waals surface area contributed by atoms with Crippen LogP contribution >= 0.6 is 0 Å². The summed E-state index contributed by atoms with van der Waals surface area (Å²) in [6, 6.07) is 4.94. The Kier molecular flexibility index (Phi) is 6.94. The second-order valence-corrected chi connectivity index (χ2v) is 4.78. The predicted molar refractivity (Wildman–Crippen MR) is 82.5 cm³/mol. The summed E-state index contributed by atoms with van der Waals surface area (Å²) in [6.07, 6.45) is 1.82. The number of hydrogen-bond acceptors (Lipinski definition) is 4. The maximum Gasteiger partial charge on any atom is 0.175 e. The largest absolute Gasteiger partial charge is 0.409 e. The lowest BCUT2D eigenvalue weighted by Gasteiger charge is -2.34. The zero-order chi connectivity index (χ0) is 15.8. The summed E-state index contributed by atoms with van der Waals surface area (Å²) in [6.45, 7) is 5.29. The molecule has 5 nitrogen and oxygen atoms in total. The van der Waals surface area contributed by atoms with Gasteiger partial charge in [0.15, 0.2) is 5.84 Å². The van der Waals surface area contributed by atoms with Crippen molar-refractivity contribution in [1.29, 1.82) is 0 Å². The third-order valence-electron chi connectivity index (χ3n) is 3.58. The molecule has 0 aliphatic rings. The Hall–Kier alpha value is -1.82. The molecule has 0 amide bonds. The van der Waals surface area contributed by atoms with Gasteiger partial charge in [0.05, 0.1) is 17.9 Å². The summed E-state index contributed by atoms with van der Waals surface area (Å²) in [5, 5.41) is 11.9. The molecule has 6 heteroatoms. The van der Waals surface area contributed by atoms with Crippen molar-refractivity contribution >= 4 is 11.5 Å². The van der Waals surface area contributed by atoms with Crippen LogP contribution in [-0.2, 0) is 4.74 Å². The molecule has 0 saturated heterocycles. The van der Waals surface area contributed by atoms with Crippen LogP contribution in [0.1, 0.15) is 32.3 Å². The molecule has 21 heavy (non-hydrogen) atoms. The van der Waals surface area contributed by atoms with Crippen molar-refractivity contribution in [2.24, 2.45) is 10.9 Å². The van der Waals surface area contributed by atoms with E-state index >= 15 is 0 Å². The van der Waals surface area contributed by atoms with E-state index in [1.807, 2.05) is 0 Å². The number of anilines is 1. The molecule has 1 rings (SSSR count). The number of rotatable bonds is 8. The monoisotopic (exact) mass is 297 g/mol. The lowest BCUT2D eigenvalue weighted by atomic mass is 10.0. The molecule has 1 aromatic carbocycles. The van der Waals surface area contributed by atoms with E-state index in [0.29, 0.717) is 18.8 Å². The second-order valence-electron chi connectivity index (χ2n) is 4.78. The van der Waals surface area contributed by atoms with Gasteiger partial charge in [-0.15, -0.1) is 0 Å². The summed E-state index contributed by atoms with van der Waals surface area (Å²) in [7, 11) is 1.63. The molecule has 0 unspecified atom stereocenters. The number of amidine groups is 1. The molecule has 0 fully saturated rings. The van der Waals surface area contributed by atoms with Crippen molar-refractivity contribution in [3.8, 4) is 0 Å². The van der Waals surface area contributed by atoms with Crippen molar-refractivity contribution in [3.63, 3.8) is 0 Å². The van der Waals surface area contributed by atoms with E-state index in [0.717, 1.165) is 12.8 Å². The molecule has 0 spiro atoms. The molecule has 0 bridgehead atoms. The smallest absolute Gasteiger partial charge is 0.175 e. The van der Waals surface area contributed by atoms with Crippen LogP contribution in [0.3, 0.4) is 0 Å². The van der Waals surface area contributed by atoms with Crippen molar-refractivity contribution < 1.29 is 14.3 Å². The molecule has 0 saturated carbocycles. The van der Waals surface area contributed by atoms with Crippen LogP contribution < -0.4 is 10.6 Å². The maximum atomic E-state index is 14.1. The summed E-state index contributed by atoms with van der Waals surface area (Å²) in [5.41, 5.74) is 6.40. The number of nitrogens with zero attached hydrogens (tertiary/aromatic N) is 2. The quantitative estimate of drug-likeness (QED) is 0.335. The van der Waals surface area contributed by atoms with Gasteiger partial charge >= 0.3 is 0 Å². The first-order chi connectivity index (χ1) is 10.1. The summed E-state index contributed by atoms with van der Waals surface area (Å²) < 4.78 is 19.3. The predicted octanol–water partition coefficient (Wildman–Crippen LogP) is 2.56. The number of ether oxygens (including phenoxy) is 1. The number of methoxy groups -OCH3 is 1. The van der Waals surface area contributed by atoms with Gasteiger partial charge in [0.2, 0.25) is 0 Å². The van der Waals surface area contributed by atoms with E-state index in [2.05, 4.69) is 23.9 Å². The third kappa shape index (κ3) is 4.07. The number of hydrogen-bond donors (Lipinski definition) is 2. The van der Waals surface area contributed by atoms with E-state index in [9.17, 15) is 4.39 Å². The first-order valence-corrected chi connectivity index (χ1v) is 7.12. The molecule has 0 heterocycles. The van der Waals surface area contributed by atoms with Gasteiger partial charge in [-0.2, -0.15) is 0 Å². The third-order valence-corrected chi connectivity index (χ3v) is 3.58. The van der Waals surface area contributed by atoms with Crippen LogP contribution in [0.25, 0.3) is 0 Å². The summed E-state index contributed by atoms with van der Waals surface area (Å²) in [4.78, 5) is 2.06. The minimum Gasteiger partial charge on any atom is -0.409 e. The highest BCUT2D eigenvalue weighted by Gasteiger charge is 2.22. The van der Waals surface area contributed by atoms with Crippen LogP contribution in [0, 0.1) is 5.82 Å². The van der Waals surface area contributed by atoms with Gasteiger partial charge in [0.1, 0.15) is 5.82 Å². The molecule has 0 aromatic heterocycles. The van der Waals surface area contributed by atoms with Crippen molar-refractivity contribution in [1.82, 2.24) is 0 Å². The lowest BCUT2D eigenvalue weighted by molar-refractivity contribution is 0.202. The van der Waals surface area contributed by atoms with Gasteiger partial charge in [-0.1, -0.05) is 25.1 Å². The minimum atomic E-state index is -0.504.